The minimum Gasteiger partial charge on any atom is -0.284 e. The van der Waals surface area contributed by atoms with Gasteiger partial charge in [-0.15, -0.1) is 17.7 Å². The molecule has 0 spiro atoms. The summed E-state index contributed by atoms with van der Waals surface area (Å²) in [6.07, 6.45) is 0. The van der Waals surface area contributed by atoms with Gasteiger partial charge in [0.15, 0.2) is 0 Å². The zero-order valence-electron chi connectivity index (χ0n) is 20.6. The van der Waals surface area contributed by atoms with Crippen LogP contribution in [-0.4, -0.2) is 9.97 Å². The van der Waals surface area contributed by atoms with Gasteiger partial charge in [0.1, 0.15) is 17.1 Å². The van der Waals surface area contributed by atoms with E-state index < -0.39 is 85.8 Å². The van der Waals surface area contributed by atoms with E-state index in [1.54, 1.807) is 0 Å². The van der Waals surface area contributed by atoms with E-state index in [0.717, 1.165) is 12.1 Å². The fourth-order valence-corrected chi connectivity index (χ4v) is 4.39. The fraction of sp³-hybridized carbons (Fsp3) is 0.214. The third-order valence-electron chi connectivity index (χ3n) is 6.63. The van der Waals surface area contributed by atoms with Crippen molar-refractivity contribution in [1.29, 1.82) is 0 Å². The molecule has 216 valence electrons. The molecular weight excluding hydrogens is 749 g/mol. The molecule has 2 aromatic carbocycles. The number of benzene rings is 2. The van der Waals surface area contributed by atoms with Gasteiger partial charge in [0.25, 0.3) is 17.8 Å². The first-order valence-electron chi connectivity index (χ1n) is 11.4. The summed E-state index contributed by atoms with van der Waals surface area (Å²) in [5.41, 5.74) is -12.4. The number of pyridine rings is 2. The molecule has 0 N–H and O–H groups in total. The molecule has 3 heterocycles. The molecule has 0 radical (unpaired) electrons. The van der Waals surface area contributed by atoms with E-state index in [1.807, 2.05) is 6.07 Å². The van der Waals surface area contributed by atoms with Crippen molar-refractivity contribution in [3.8, 4) is 0 Å². The average molecular weight is 763 g/mol. The summed E-state index contributed by atoms with van der Waals surface area (Å²) in [6.45, 7) is 2.41. The predicted molar refractivity (Wildman–Crippen MR) is 120 cm³/mol. The standard InChI is InChI=1S/C28H14F10N2.Pt/c1-25(2)13-9-14(18(30)11-17(13)29)26(33,34)23-7-4-8-24(40-23)28(37,38)16-10-15(19(31)12-20(16)32)27(35,36)22-6-3-5-21(25)39-22;/h3-8,11-12H,1-2H3;/q-2;+2. The number of halogens is 10. The Morgan fingerprint density at radius 3 is 1.20 bits per heavy atom. The smallest absolute Gasteiger partial charge is 0.284 e. The van der Waals surface area contributed by atoms with Crippen LogP contribution < -0.4 is 0 Å². The number of fused-ring (bicyclic) bond motifs is 8. The van der Waals surface area contributed by atoms with Crippen molar-refractivity contribution in [2.45, 2.75) is 37.0 Å². The number of nitrogens with zero attached hydrogens (tertiary/aromatic N) is 2. The van der Waals surface area contributed by atoms with Crippen molar-refractivity contribution < 1.29 is 65.0 Å². The molecule has 13 heteroatoms. The zero-order valence-corrected chi connectivity index (χ0v) is 22.9. The molecule has 0 fully saturated rings. The molecule has 8 bridgehead atoms. The number of hydrogen-bond donors (Lipinski definition) is 0. The third-order valence-corrected chi connectivity index (χ3v) is 6.63. The maximum Gasteiger partial charge on any atom is 2.00 e. The molecule has 1 aliphatic heterocycles. The monoisotopic (exact) mass is 763 g/mol. The second-order valence-electron chi connectivity index (χ2n) is 9.59. The van der Waals surface area contributed by atoms with E-state index >= 15 is 26.3 Å². The molecule has 4 aromatic rings. The van der Waals surface area contributed by atoms with Crippen LogP contribution in [0.1, 0.15) is 58.9 Å². The van der Waals surface area contributed by atoms with Crippen molar-refractivity contribution in [3.05, 3.63) is 129 Å². The predicted octanol–water partition coefficient (Wildman–Crippen LogP) is 7.69. The Balaban J connectivity index is 0.00000387. The van der Waals surface area contributed by atoms with Gasteiger partial charge in [-0.25, -0.2) is 4.98 Å². The van der Waals surface area contributed by atoms with E-state index in [0.29, 0.717) is 24.3 Å². The molecule has 0 saturated carbocycles. The van der Waals surface area contributed by atoms with Crippen LogP contribution >= 0.6 is 0 Å². The van der Waals surface area contributed by atoms with Gasteiger partial charge in [-0.2, -0.15) is 38.5 Å². The van der Waals surface area contributed by atoms with Crippen LogP contribution in [0.5, 0.6) is 0 Å². The molecule has 0 aliphatic carbocycles. The molecule has 1 aliphatic rings. The Morgan fingerprint density at radius 2 is 0.805 bits per heavy atom. The molecule has 2 nitrogen and oxygen atoms in total. The first-order valence-corrected chi connectivity index (χ1v) is 11.4. The minimum absolute atomic E-state index is 0. The Bertz CT molecular complexity index is 1440. The van der Waals surface area contributed by atoms with Gasteiger partial charge in [0.05, 0.1) is 0 Å². The number of rotatable bonds is 0. The summed E-state index contributed by atoms with van der Waals surface area (Å²) < 4.78 is 152. The molecule has 0 atom stereocenters. The first-order chi connectivity index (χ1) is 18.5. The Hall–Kier alpha value is -3.27. The van der Waals surface area contributed by atoms with E-state index in [1.165, 1.54) is 19.9 Å². The quantitative estimate of drug-likeness (QED) is 0.136. The second kappa shape index (κ2) is 9.93. The first kappa shape index (κ1) is 30.7. The number of aromatic nitrogens is 2. The molecule has 0 saturated heterocycles. The zero-order chi connectivity index (χ0) is 29.4. The third kappa shape index (κ3) is 4.73. The summed E-state index contributed by atoms with van der Waals surface area (Å²) in [5, 5.41) is 0. The van der Waals surface area contributed by atoms with E-state index in [-0.39, 0.29) is 38.9 Å². The van der Waals surface area contributed by atoms with Crippen molar-refractivity contribution in [2.75, 3.05) is 0 Å². The Kier molecular flexibility index (Phi) is 7.43. The summed E-state index contributed by atoms with van der Waals surface area (Å²) >= 11 is 0. The summed E-state index contributed by atoms with van der Waals surface area (Å²) in [4.78, 5) is 6.92. The second-order valence-corrected chi connectivity index (χ2v) is 9.59. The van der Waals surface area contributed by atoms with E-state index in [4.69, 9.17) is 0 Å². The van der Waals surface area contributed by atoms with Gasteiger partial charge < -0.3 is 0 Å². The Labute approximate surface area is 240 Å². The molecule has 41 heavy (non-hydrogen) atoms. The van der Waals surface area contributed by atoms with E-state index in [2.05, 4.69) is 9.97 Å². The fourth-order valence-electron chi connectivity index (χ4n) is 4.39. The van der Waals surface area contributed by atoms with Gasteiger partial charge in [-0.05, 0) is 24.3 Å². The SMILES string of the molecule is CC1(C)c2cccc(n2)C(F)(F)c2[c-]c(c(F)cc2F)C(F)(F)c2cccc(n2)C(F)(F)c2[c-]c1c(F)cc2F.[Pt+2]. The maximum atomic E-state index is 15.6. The molecule has 2 aromatic heterocycles. The number of alkyl halides is 6. The average Bonchev–Trinajstić information content (AvgIpc) is 2.87. The van der Waals surface area contributed by atoms with Crippen LogP contribution in [0.25, 0.3) is 0 Å². The van der Waals surface area contributed by atoms with Gasteiger partial charge in [0, 0.05) is 34.4 Å². The molecule has 0 amide bonds. The van der Waals surface area contributed by atoms with Crippen molar-refractivity contribution in [1.82, 2.24) is 9.97 Å². The summed E-state index contributed by atoms with van der Waals surface area (Å²) in [6, 6.07) is 7.75. The van der Waals surface area contributed by atoms with Crippen LogP contribution in [0.2, 0.25) is 0 Å². The normalized spacial score (nSPS) is 17.9. The van der Waals surface area contributed by atoms with Gasteiger partial charge >= 0.3 is 21.1 Å². The van der Waals surface area contributed by atoms with Crippen LogP contribution in [0.15, 0.2) is 48.5 Å². The largest absolute Gasteiger partial charge is 2.00 e. The number of hydrogen-bond acceptors (Lipinski definition) is 2. The Morgan fingerprint density at radius 1 is 0.512 bits per heavy atom. The van der Waals surface area contributed by atoms with Crippen LogP contribution in [0.3, 0.4) is 0 Å². The van der Waals surface area contributed by atoms with Gasteiger partial charge in [-0.1, -0.05) is 42.7 Å². The molecule has 5 rings (SSSR count). The van der Waals surface area contributed by atoms with Crippen molar-refractivity contribution in [3.63, 3.8) is 0 Å². The summed E-state index contributed by atoms with van der Waals surface area (Å²) in [5.74, 6) is -20.8. The van der Waals surface area contributed by atoms with Gasteiger partial charge in [0.2, 0.25) is 0 Å². The van der Waals surface area contributed by atoms with Crippen LogP contribution in [0, 0.1) is 35.4 Å². The van der Waals surface area contributed by atoms with Gasteiger partial charge in [-0.3, -0.25) is 22.5 Å². The van der Waals surface area contributed by atoms with E-state index in [9.17, 15) is 17.6 Å². The maximum absolute atomic E-state index is 15.6. The van der Waals surface area contributed by atoms with Crippen molar-refractivity contribution in [2.24, 2.45) is 0 Å². The molecule has 0 unspecified atom stereocenters. The summed E-state index contributed by atoms with van der Waals surface area (Å²) in [7, 11) is 0. The topological polar surface area (TPSA) is 25.8 Å². The minimum atomic E-state index is -4.70. The molecular formula is C28H14F10N2Pt. The van der Waals surface area contributed by atoms with Crippen LogP contribution in [-0.2, 0) is 44.2 Å². The van der Waals surface area contributed by atoms with Crippen molar-refractivity contribution >= 4 is 0 Å². The van der Waals surface area contributed by atoms with Crippen LogP contribution in [0.4, 0.5) is 43.9 Å².